The molecular formula is C14H15N3OS2. The Morgan fingerprint density at radius 1 is 1.20 bits per heavy atom. The molecule has 3 aromatic rings. The lowest BCUT2D eigenvalue weighted by Gasteiger charge is -2.08. The maximum Gasteiger partial charge on any atom is 0.227 e. The summed E-state index contributed by atoms with van der Waals surface area (Å²) in [5.74, 6) is 1.30. The van der Waals surface area contributed by atoms with Gasteiger partial charge in [-0.15, -0.1) is 22.7 Å². The molecule has 0 fully saturated rings. The molecule has 0 atom stereocenters. The van der Waals surface area contributed by atoms with Crippen LogP contribution >= 0.6 is 22.7 Å². The number of thiophene rings is 2. The van der Waals surface area contributed by atoms with Crippen LogP contribution in [-0.4, -0.2) is 16.5 Å². The standard InChI is InChI=1S/C14H15N3OS2/c1-2-6-15-14-16-12(11-5-8-20-13(11)17-14)18-9-10-4-3-7-19-10/h3-5,7-8H,2,6,9H2,1H3,(H,15,16,17). The van der Waals surface area contributed by atoms with Gasteiger partial charge >= 0.3 is 0 Å². The number of hydrogen-bond donors (Lipinski definition) is 1. The quantitative estimate of drug-likeness (QED) is 0.743. The Labute approximate surface area is 125 Å². The smallest absolute Gasteiger partial charge is 0.227 e. The molecule has 6 heteroatoms. The molecule has 0 spiro atoms. The zero-order valence-corrected chi connectivity index (χ0v) is 12.8. The average Bonchev–Trinajstić information content (AvgIpc) is 3.13. The van der Waals surface area contributed by atoms with Crippen molar-refractivity contribution in [3.63, 3.8) is 0 Å². The summed E-state index contributed by atoms with van der Waals surface area (Å²) in [6.45, 7) is 3.53. The van der Waals surface area contributed by atoms with Crippen molar-refractivity contribution in [2.45, 2.75) is 20.0 Å². The van der Waals surface area contributed by atoms with Crippen LogP contribution < -0.4 is 10.1 Å². The second-order valence-corrected chi connectivity index (χ2v) is 6.21. The molecule has 3 aromatic heterocycles. The van der Waals surface area contributed by atoms with E-state index in [0.29, 0.717) is 18.4 Å². The molecular weight excluding hydrogens is 290 g/mol. The van der Waals surface area contributed by atoms with Crippen LogP contribution in [0.3, 0.4) is 0 Å². The number of nitrogens with one attached hydrogen (secondary N) is 1. The monoisotopic (exact) mass is 305 g/mol. The molecule has 3 rings (SSSR count). The molecule has 104 valence electrons. The Hall–Kier alpha value is -1.66. The summed E-state index contributed by atoms with van der Waals surface area (Å²) >= 11 is 3.29. The zero-order chi connectivity index (χ0) is 13.8. The van der Waals surface area contributed by atoms with Crippen LogP contribution in [0.1, 0.15) is 18.2 Å². The Bertz CT molecular complexity index is 679. The highest BCUT2D eigenvalue weighted by atomic mass is 32.1. The maximum atomic E-state index is 5.87. The SMILES string of the molecule is CCCNc1nc(OCc2cccs2)c2ccsc2n1. The average molecular weight is 305 g/mol. The van der Waals surface area contributed by atoms with Crippen molar-refractivity contribution in [2.75, 3.05) is 11.9 Å². The van der Waals surface area contributed by atoms with Crippen LogP contribution in [0.5, 0.6) is 5.88 Å². The molecule has 3 heterocycles. The van der Waals surface area contributed by atoms with Gasteiger partial charge in [0.25, 0.3) is 0 Å². The van der Waals surface area contributed by atoms with Gasteiger partial charge in [0.1, 0.15) is 11.4 Å². The highest BCUT2D eigenvalue weighted by Crippen LogP contribution is 2.29. The first-order valence-corrected chi connectivity index (χ1v) is 8.27. The van der Waals surface area contributed by atoms with Crippen LogP contribution in [0, 0.1) is 0 Å². The van der Waals surface area contributed by atoms with Crippen molar-refractivity contribution in [1.82, 2.24) is 9.97 Å². The van der Waals surface area contributed by atoms with E-state index in [4.69, 9.17) is 4.74 Å². The second-order valence-electron chi connectivity index (χ2n) is 4.29. The lowest BCUT2D eigenvalue weighted by molar-refractivity contribution is 0.301. The summed E-state index contributed by atoms with van der Waals surface area (Å²) in [4.78, 5) is 11.1. The summed E-state index contributed by atoms with van der Waals surface area (Å²) in [6, 6.07) is 6.10. The topological polar surface area (TPSA) is 47.0 Å². The number of aromatic nitrogens is 2. The number of nitrogens with zero attached hydrogens (tertiary/aromatic N) is 2. The zero-order valence-electron chi connectivity index (χ0n) is 11.1. The van der Waals surface area contributed by atoms with Crippen LogP contribution in [-0.2, 0) is 6.61 Å². The van der Waals surface area contributed by atoms with E-state index < -0.39 is 0 Å². The highest BCUT2D eigenvalue weighted by molar-refractivity contribution is 7.16. The largest absolute Gasteiger partial charge is 0.471 e. The fourth-order valence-electron chi connectivity index (χ4n) is 1.79. The van der Waals surface area contributed by atoms with Gasteiger partial charge in [-0.1, -0.05) is 13.0 Å². The van der Waals surface area contributed by atoms with E-state index in [2.05, 4.69) is 28.3 Å². The van der Waals surface area contributed by atoms with Crippen molar-refractivity contribution in [3.8, 4) is 5.88 Å². The first kappa shape index (κ1) is 13.3. The number of anilines is 1. The molecule has 0 saturated carbocycles. The Kier molecular flexibility index (Phi) is 4.13. The maximum absolute atomic E-state index is 5.87. The molecule has 0 bridgehead atoms. The van der Waals surface area contributed by atoms with E-state index in [1.165, 1.54) is 4.88 Å². The van der Waals surface area contributed by atoms with Crippen molar-refractivity contribution in [1.29, 1.82) is 0 Å². The van der Waals surface area contributed by atoms with E-state index in [9.17, 15) is 0 Å². The van der Waals surface area contributed by atoms with Gasteiger partial charge in [0.15, 0.2) is 0 Å². The molecule has 4 nitrogen and oxygen atoms in total. The molecule has 0 amide bonds. The fraction of sp³-hybridized carbons (Fsp3) is 0.286. The number of fused-ring (bicyclic) bond motifs is 1. The Balaban J connectivity index is 1.85. The van der Waals surface area contributed by atoms with Crippen molar-refractivity contribution < 1.29 is 4.74 Å². The van der Waals surface area contributed by atoms with Gasteiger partial charge in [0.05, 0.1) is 5.39 Å². The third kappa shape index (κ3) is 2.91. The van der Waals surface area contributed by atoms with E-state index in [1.807, 2.05) is 22.9 Å². The normalized spacial score (nSPS) is 10.8. The minimum atomic E-state index is 0.548. The van der Waals surface area contributed by atoms with Gasteiger partial charge in [-0.05, 0) is 29.3 Å². The van der Waals surface area contributed by atoms with Crippen LogP contribution in [0.25, 0.3) is 10.2 Å². The van der Waals surface area contributed by atoms with E-state index in [-0.39, 0.29) is 0 Å². The van der Waals surface area contributed by atoms with Gasteiger partial charge < -0.3 is 10.1 Å². The van der Waals surface area contributed by atoms with Gasteiger partial charge in [-0.3, -0.25) is 0 Å². The van der Waals surface area contributed by atoms with Crippen molar-refractivity contribution in [2.24, 2.45) is 0 Å². The predicted molar refractivity (Wildman–Crippen MR) is 84.8 cm³/mol. The molecule has 1 N–H and O–H groups in total. The number of ether oxygens (including phenoxy) is 1. The molecule has 0 saturated heterocycles. The number of hydrogen-bond acceptors (Lipinski definition) is 6. The highest BCUT2D eigenvalue weighted by Gasteiger charge is 2.10. The third-order valence-electron chi connectivity index (χ3n) is 2.75. The Morgan fingerprint density at radius 3 is 2.95 bits per heavy atom. The summed E-state index contributed by atoms with van der Waals surface area (Å²) in [6.07, 6.45) is 1.04. The van der Waals surface area contributed by atoms with Crippen LogP contribution in [0.4, 0.5) is 5.95 Å². The summed E-state index contributed by atoms with van der Waals surface area (Å²) in [5.41, 5.74) is 0. The summed E-state index contributed by atoms with van der Waals surface area (Å²) < 4.78 is 5.87. The minimum absolute atomic E-state index is 0.548. The first-order chi connectivity index (χ1) is 9.86. The van der Waals surface area contributed by atoms with Gasteiger partial charge in [-0.2, -0.15) is 4.98 Å². The molecule has 0 unspecified atom stereocenters. The lowest BCUT2D eigenvalue weighted by Crippen LogP contribution is -2.05. The van der Waals surface area contributed by atoms with Crippen LogP contribution in [0.15, 0.2) is 29.0 Å². The van der Waals surface area contributed by atoms with E-state index in [0.717, 1.165) is 23.2 Å². The third-order valence-corrected chi connectivity index (χ3v) is 4.41. The molecule has 0 aromatic carbocycles. The lowest BCUT2D eigenvalue weighted by atomic mass is 10.4. The van der Waals surface area contributed by atoms with E-state index in [1.54, 1.807) is 22.7 Å². The molecule has 0 radical (unpaired) electrons. The summed E-state index contributed by atoms with van der Waals surface area (Å²) in [7, 11) is 0. The fourth-order valence-corrected chi connectivity index (χ4v) is 3.16. The first-order valence-electron chi connectivity index (χ1n) is 6.51. The molecule has 20 heavy (non-hydrogen) atoms. The van der Waals surface area contributed by atoms with E-state index >= 15 is 0 Å². The Morgan fingerprint density at radius 2 is 2.15 bits per heavy atom. The molecule has 0 aliphatic rings. The predicted octanol–water partition coefficient (Wildman–Crippen LogP) is 4.15. The van der Waals surface area contributed by atoms with Crippen molar-refractivity contribution >= 4 is 38.8 Å². The van der Waals surface area contributed by atoms with Gasteiger partial charge in [0.2, 0.25) is 11.8 Å². The van der Waals surface area contributed by atoms with Crippen molar-refractivity contribution in [3.05, 3.63) is 33.8 Å². The molecule has 0 aliphatic carbocycles. The second kappa shape index (κ2) is 6.19. The summed E-state index contributed by atoms with van der Waals surface area (Å²) in [5, 5.41) is 8.26. The van der Waals surface area contributed by atoms with Gasteiger partial charge in [0, 0.05) is 11.4 Å². The van der Waals surface area contributed by atoms with Crippen LogP contribution in [0.2, 0.25) is 0 Å². The van der Waals surface area contributed by atoms with Gasteiger partial charge in [-0.25, -0.2) is 4.98 Å². The molecule has 0 aliphatic heterocycles. The number of rotatable bonds is 6. The minimum Gasteiger partial charge on any atom is -0.471 e.